The Labute approximate surface area is 156 Å². The van der Waals surface area contributed by atoms with Crippen LogP contribution in [0.1, 0.15) is 59.8 Å². The fourth-order valence-corrected chi connectivity index (χ4v) is 3.30. The molecule has 1 aromatic heterocycles. The molecule has 0 amide bonds. The van der Waals surface area contributed by atoms with Crippen LogP contribution in [-0.2, 0) is 0 Å². The fourth-order valence-electron chi connectivity index (χ4n) is 3.16. The van der Waals surface area contributed by atoms with Gasteiger partial charge in [-0.15, -0.1) is 10.2 Å². The molecule has 0 unspecified atom stereocenters. The number of nitrogens with zero attached hydrogens (tertiary/aromatic N) is 2. The van der Waals surface area contributed by atoms with Crippen molar-refractivity contribution in [3.63, 3.8) is 0 Å². The molecule has 0 saturated heterocycles. The maximum atomic E-state index is 5.22. The second-order valence-corrected chi connectivity index (χ2v) is 7.73. The molecule has 0 radical (unpaired) electrons. The summed E-state index contributed by atoms with van der Waals surface area (Å²) in [6, 6.07) is 0. The summed E-state index contributed by atoms with van der Waals surface area (Å²) in [7, 11) is 0. The SMILES string of the molecule is CC1=C(/C=C/C(C)=C/C=C/C(C)=C/c2nnc(S)o2)C(C)(C)CCC1. The second-order valence-electron chi connectivity index (χ2n) is 7.35. The molecule has 1 aliphatic rings. The highest BCUT2D eigenvalue weighted by molar-refractivity contribution is 7.80. The van der Waals surface area contributed by atoms with Crippen molar-refractivity contribution in [2.45, 2.75) is 59.1 Å². The largest absolute Gasteiger partial charge is 0.412 e. The Morgan fingerprint density at radius 2 is 1.92 bits per heavy atom. The van der Waals surface area contributed by atoms with Gasteiger partial charge in [0.25, 0.3) is 5.22 Å². The van der Waals surface area contributed by atoms with E-state index in [9.17, 15) is 0 Å². The van der Waals surface area contributed by atoms with Crippen LogP contribution in [0, 0.1) is 5.41 Å². The molecule has 1 heterocycles. The Balaban J connectivity index is 2.02. The molecule has 25 heavy (non-hydrogen) atoms. The van der Waals surface area contributed by atoms with E-state index < -0.39 is 0 Å². The molecule has 0 aliphatic heterocycles. The van der Waals surface area contributed by atoms with Gasteiger partial charge in [-0.2, -0.15) is 0 Å². The number of thiol groups is 1. The van der Waals surface area contributed by atoms with Crippen LogP contribution in [0.4, 0.5) is 0 Å². The standard InChI is InChI=1S/C21H28N2OS/c1-15(11-12-18-17(3)10-7-13-21(18,4)5)8-6-9-16(2)14-19-22-23-20(25)24-19/h6,8-9,11-12,14H,7,10,13H2,1-5H3,(H,23,25)/b9-6+,12-11+,15-8+,16-14+. The minimum atomic E-state index is 0.277. The lowest BCUT2D eigenvalue weighted by molar-refractivity contribution is 0.377. The van der Waals surface area contributed by atoms with Crippen LogP contribution in [0.5, 0.6) is 0 Å². The Morgan fingerprint density at radius 1 is 1.16 bits per heavy atom. The predicted octanol–water partition coefficient (Wildman–Crippen LogP) is 6.35. The zero-order valence-electron chi connectivity index (χ0n) is 15.8. The molecule has 1 aromatic rings. The molecule has 0 fully saturated rings. The summed E-state index contributed by atoms with van der Waals surface area (Å²) >= 11 is 4.00. The van der Waals surface area contributed by atoms with E-state index >= 15 is 0 Å². The van der Waals surface area contributed by atoms with Gasteiger partial charge in [0.2, 0.25) is 5.89 Å². The zero-order valence-corrected chi connectivity index (χ0v) is 16.7. The first-order valence-corrected chi connectivity index (χ1v) is 9.17. The molecule has 3 nitrogen and oxygen atoms in total. The maximum absolute atomic E-state index is 5.22. The molecule has 0 bridgehead atoms. The molecule has 0 saturated carbocycles. The van der Waals surface area contributed by atoms with Gasteiger partial charge in [0.1, 0.15) is 0 Å². The van der Waals surface area contributed by atoms with E-state index in [-0.39, 0.29) is 10.6 Å². The second kappa shape index (κ2) is 8.52. The molecule has 0 atom stereocenters. The van der Waals surface area contributed by atoms with Gasteiger partial charge in [-0.3, -0.25) is 0 Å². The quantitative estimate of drug-likeness (QED) is 0.494. The molecule has 134 valence electrons. The zero-order chi connectivity index (χ0) is 18.4. The number of rotatable bonds is 5. The van der Waals surface area contributed by atoms with E-state index in [1.54, 1.807) is 0 Å². The number of hydrogen-bond donors (Lipinski definition) is 1. The summed E-state index contributed by atoms with van der Waals surface area (Å²) in [5.74, 6) is 0.467. The van der Waals surface area contributed by atoms with Crippen molar-refractivity contribution < 1.29 is 4.42 Å². The molecule has 4 heteroatoms. The van der Waals surface area contributed by atoms with Crippen molar-refractivity contribution in [3.8, 4) is 0 Å². The van der Waals surface area contributed by atoms with Gasteiger partial charge in [0.15, 0.2) is 0 Å². The van der Waals surface area contributed by atoms with Crippen molar-refractivity contribution >= 4 is 18.7 Å². The average Bonchev–Trinajstić information content (AvgIpc) is 2.91. The van der Waals surface area contributed by atoms with Crippen LogP contribution in [-0.4, -0.2) is 10.2 Å². The summed E-state index contributed by atoms with van der Waals surface area (Å²) < 4.78 is 5.22. The van der Waals surface area contributed by atoms with E-state index in [4.69, 9.17) is 4.42 Å². The minimum absolute atomic E-state index is 0.277. The molecular weight excluding hydrogens is 328 g/mol. The third kappa shape index (κ3) is 5.89. The Bertz CT molecular complexity index is 761. The van der Waals surface area contributed by atoms with E-state index in [1.165, 1.54) is 36.0 Å². The maximum Gasteiger partial charge on any atom is 0.273 e. The van der Waals surface area contributed by atoms with Gasteiger partial charge >= 0.3 is 0 Å². The molecule has 1 aliphatic carbocycles. The first-order valence-electron chi connectivity index (χ1n) is 8.72. The minimum Gasteiger partial charge on any atom is -0.412 e. The third-order valence-corrected chi connectivity index (χ3v) is 4.74. The number of allylic oxidation sites excluding steroid dienone is 9. The molecule has 0 N–H and O–H groups in total. The van der Waals surface area contributed by atoms with Gasteiger partial charge in [0, 0.05) is 6.08 Å². The van der Waals surface area contributed by atoms with Crippen molar-refractivity contribution in [2.24, 2.45) is 5.41 Å². The van der Waals surface area contributed by atoms with Crippen LogP contribution in [0.3, 0.4) is 0 Å². The van der Waals surface area contributed by atoms with Crippen LogP contribution >= 0.6 is 12.6 Å². The Hall–Kier alpha value is -1.81. The Morgan fingerprint density at radius 3 is 2.56 bits per heavy atom. The van der Waals surface area contributed by atoms with E-state index in [2.05, 4.69) is 68.7 Å². The molecule has 0 aromatic carbocycles. The highest BCUT2D eigenvalue weighted by atomic mass is 32.1. The van der Waals surface area contributed by atoms with Crippen molar-refractivity contribution in [1.29, 1.82) is 0 Å². The molecule has 0 spiro atoms. The summed E-state index contributed by atoms with van der Waals surface area (Å²) in [5, 5.41) is 7.86. The Kier molecular flexibility index (Phi) is 6.65. The molecule has 2 rings (SSSR count). The van der Waals surface area contributed by atoms with Gasteiger partial charge in [0.05, 0.1) is 0 Å². The van der Waals surface area contributed by atoms with E-state index in [0.717, 1.165) is 5.57 Å². The summed E-state index contributed by atoms with van der Waals surface area (Å²) in [6.07, 6.45) is 16.3. The van der Waals surface area contributed by atoms with Crippen molar-refractivity contribution in [2.75, 3.05) is 0 Å². The van der Waals surface area contributed by atoms with Crippen LogP contribution in [0.2, 0.25) is 0 Å². The van der Waals surface area contributed by atoms with E-state index in [0.29, 0.717) is 5.89 Å². The highest BCUT2D eigenvalue weighted by Crippen LogP contribution is 2.40. The van der Waals surface area contributed by atoms with Crippen LogP contribution < -0.4 is 0 Å². The first kappa shape index (κ1) is 19.5. The van der Waals surface area contributed by atoms with E-state index in [1.807, 2.05) is 25.2 Å². The third-order valence-electron chi connectivity index (χ3n) is 4.55. The lowest BCUT2D eigenvalue weighted by Gasteiger charge is -2.32. The summed E-state index contributed by atoms with van der Waals surface area (Å²) in [6.45, 7) is 11.1. The lowest BCUT2D eigenvalue weighted by Crippen LogP contribution is -2.19. The average molecular weight is 357 g/mol. The highest BCUT2D eigenvalue weighted by Gasteiger charge is 2.26. The summed E-state index contributed by atoms with van der Waals surface area (Å²) in [4.78, 5) is 0. The van der Waals surface area contributed by atoms with Crippen LogP contribution in [0.15, 0.2) is 62.3 Å². The van der Waals surface area contributed by atoms with Crippen molar-refractivity contribution in [1.82, 2.24) is 10.2 Å². The van der Waals surface area contributed by atoms with Gasteiger partial charge in [-0.05, 0) is 56.6 Å². The van der Waals surface area contributed by atoms with Gasteiger partial charge in [-0.1, -0.05) is 68.0 Å². The number of aromatic nitrogens is 2. The van der Waals surface area contributed by atoms with Crippen LogP contribution in [0.25, 0.3) is 6.08 Å². The van der Waals surface area contributed by atoms with Gasteiger partial charge in [-0.25, -0.2) is 0 Å². The topological polar surface area (TPSA) is 38.9 Å². The molecular formula is C21H28N2OS. The number of hydrogen-bond acceptors (Lipinski definition) is 4. The monoisotopic (exact) mass is 356 g/mol. The lowest BCUT2D eigenvalue weighted by atomic mass is 9.72. The first-order chi connectivity index (χ1) is 11.8. The fraction of sp³-hybridized carbons (Fsp3) is 0.429. The summed E-state index contributed by atoms with van der Waals surface area (Å²) in [5.41, 5.74) is 5.56. The predicted molar refractivity (Wildman–Crippen MR) is 108 cm³/mol. The van der Waals surface area contributed by atoms with Gasteiger partial charge < -0.3 is 4.42 Å². The smallest absolute Gasteiger partial charge is 0.273 e. The van der Waals surface area contributed by atoms with Crippen molar-refractivity contribution in [3.05, 3.63) is 58.6 Å². The normalized spacial score (nSPS) is 19.4.